The Morgan fingerprint density at radius 1 is 1.53 bits per heavy atom. The van der Waals surface area contributed by atoms with Gasteiger partial charge in [-0.05, 0) is 31.0 Å². The van der Waals surface area contributed by atoms with Crippen molar-refractivity contribution in [3.63, 3.8) is 0 Å². The molecule has 0 spiro atoms. The number of rotatable bonds is 1. The van der Waals surface area contributed by atoms with E-state index >= 15 is 0 Å². The zero-order valence-electron chi connectivity index (χ0n) is 8.92. The second-order valence-corrected chi connectivity index (χ2v) is 3.26. The van der Waals surface area contributed by atoms with E-state index in [0.29, 0.717) is 5.56 Å². The molecule has 0 fully saturated rings. The van der Waals surface area contributed by atoms with Crippen LogP contribution in [0.25, 0.3) is 0 Å². The van der Waals surface area contributed by atoms with Gasteiger partial charge in [0.1, 0.15) is 6.07 Å². The average molecular weight is 204 g/mol. The van der Waals surface area contributed by atoms with Crippen LogP contribution in [-0.4, -0.2) is 13.1 Å². The maximum atomic E-state index is 11.4. The zero-order valence-corrected chi connectivity index (χ0v) is 8.92. The van der Waals surface area contributed by atoms with E-state index in [4.69, 9.17) is 11.0 Å². The predicted octanol–water partition coefficient (Wildman–Crippen LogP) is 1.54. The minimum atomic E-state index is -0.521. The van der Waals surface area contributed by atoms with E-state index in [2.05, 4.69) is 4.74 Å². The number of esters is 1. The van der Waals surface area contributed by atoms with Gasteiger partial charge in [-0.15, -0.1) is 0 Å². The number of hydrogen-bond donors (Lipinski definition) is 1. The highest BCUT2D eigenvalue weighted by molar-refractivity contribution is 5.97. The van der Waals surface area contributed by atoms with Crippen LogP contribution in [0, 0.1) is 25.2 Å². The normalized spacial score (nSPS) is 9.47. The van der Waals surface area contributed by atoms with Gasteiger partial charge in [-0.25, -0.2) is 4.79 Å². The van der Waals surface area contributed by atoms with Crippen LogP contribution in [0.1, 0.15) is 27.0 Å². The first-order chi connectivity index (χ1) is 7.02. The van der Waals surface area contributed by atoms with Gasteiger partial charge < -0.3 is 10.5 Å². The highest BCUT2D eigenvalue weighted by Gasteiger charge is 2.16. The molecule has 78 valence electrons. The number of benzene rings is 1. The quantitative estimate of drug-likeness (QED) is 0.556. The summed E-state index contributed by atoms with van der Waals surface area (Å²) in [5.74, 6) is -0.521. The summed E-state index contributed by atoms with van der Waals surface area (Å²) < 4.78 is 4.58. The van der Waals surface area contributed by atoms with Crippen LogP contribution in [0.15, 0.2) is 6.07 Å². The maximum absolute atomic E-state index is 11.4. The summed E-state index contributed by atoms with van der Waals surface area (Å²) in [5.41, 5.74) is 8.14. The molecule has 0 heterocycles. The SMILES string of the molecule is COC(=O)c1cc(C)c(C)c(C#N)c1N. The molecule has 0 amide bonds. The Labute approximate surface area is 88.3 Å². The van der Waals surface area contributed by atoms with Crippen LogP contribution in [0.3, 0.4) is 0 Å². The third-order valence-electron chi connectivity index (χ3n) is 2.40. The van der Waals surface area contributed by atoms with Crippen molar-refractivity contribution in [1.82, 2.24) is 0 Å². The van der Waals surface area contributed by atoms with E-state index in [0.717, 1.165) is 11.1 Å². The Bertz CT molecular complexity index is 459. The molecule has 0 atom stereocenters. The Morgan fingerprint density at radius 2 is 2.13 bits per heavy atom. The third-order valence-corrected chi connectivity index (χ3v) is 2.40. The minimum absolute atomic E-state index is 0.187. The number of hydrogen-bond acceptors (Lipinski definition) is 4. The highest BCUT2D eigenvalue weighted by atomic mass is 16.5. The van der Waals surface area contributed by atoms with E-state index in [1.807, 2.05) is 13.0 Å². The number of nitrogens with zero attached hydrogens (tertiary/aromatic N) is 1. The fourth-order valence-electron chi connectivity index (χ4n) is 1.36. The van der Waals surface area contributed by atoms with E-state index in [1.54, 1.807) is 13.0 Å². The lowest BCUT2D eigenvalue weighted by Crippen LogP contribution is -2.09. The van der Waals surface area contributed by atoms with Crippen LogP contribution in [0.4, 0.5) is 5.69 Å². The maximum Gasteiger partial charge on any atom is 0.340 e. The molecule has 1 rings (SSSR count). The summed E-state index contributed by atoms with van der Waals surface area (Å²) in [6.45, 7) is 3.62. The summed E-state index contributed by atoms with van der Waals surface area (Å²) in [5, 5.41) is 8.92. The second-order valence-electron chi connectivity index (χ2n) is 3.26. The van der Waals surface area contributed by atoms with Crippen molar-refractivity contribution in [3.8, 4) is 6.07 Å². The fourth-order valence-corrected chi connectivity index (χ4v) is 1.36. The first-order valence-electron chi connectivity index (χ1n) is 4.41. The zero-order chi connectivity index (χ0) is 11.6. The van der Waals surface area contributed by atoms with E-state index in [1.165, 1.54) is 7.11 Å². The van der Waals surface area contributed by atoms with Gasteiger partial charge in [0.2, 0.25) is 0 Å². The highest BCUT2D eigenvalue weighted by Crippen LogP contribution is 2.24. The number of nitrogen functional groups attached to an aromatic ring is 1. The molecule has 1 aromatic rings. The number of nitrogens with two attached hydrogens (primary N) is 1. The summed E-state index contributed by atoms with van der Waals surface area (Å²) in [6.07, 6.45) is 0. The molecule has 4 heteroatoms. The first-order valence-corrected chi connectivity index (χ1v) is 4.41. The van der Waals surface area contributed by atoms with Crippen LogP contribution in [0.2, 0.25) is 0 Å². The summed E-state index contributed by atoms with van der Waals surface area (Å²) in [7, 11) is 1.28. The average Bonchev–Trinajstić information content (AvgIpc) is 2.23. The van der Waals surface area contributed by atoms with Crippen LogP contribution in [0.5, 0.6) is 0 Å². The van der Waals surface area contributed by atoms with Gasteiger partial charge in [-0.1, -0.05) is 0 Å². The molecule has 0 unspecified atom stereocenters. The van der Waals surface area contributed by atoms with Crippen molar-refractivity contribution in [2.75, 3.05) is 12.8 Å². The largest absolute Gasteiger partial charge is 0.465 e. The molecule has 0 aromatic heterocycles. The van der Waals surface area contributed by atoms with E-state index < -0.39 is 5.97 Å². The van der Waals surface area contributed by atoms with Gasteiger partial charge in [-0.3, -0.25) is 0 Å². The summed E-state index contributed by atoms with van der Waals surface area (Å²) in [4.78, 5) is 11.4. The molecule has 0 aliphatic rings. The smallest absolute Gasteiger partial charge is 0.340 e. The minimum Gasteiger partial charge on any atom is -0.465 e. The van der Waals surface area contributed by atoms with Gasteiger partial charge in [-0.2, -0.15) is 5.26 Å². The lowest BCUT2D eigenvalue weighted by Gasteiger charge is -2.10. The topological polar surface area (TPSA) is 76.1 Å². The molecule has 4 nitrogen and oxygen atoms in total. The molecule has 1 aromatic carbocycles. The number of nitriles is 1. The number of ether oxygens (including phenoxy) is 1. The van der Waals surface area contributed by atoms with Gasteiger partial charge in [0.15, 0.2) is 0 Å². The lowest BCUT2D eigenvalue weighted by molar-refractivity contribution is 0.0602. The molecule has 0 aliphatic heterocycles. The Hall–Kier alpha value is -2.02. The number of anilines is 1. The number of aryl methyl sites for hydroxylation is 1. The van der Waals surface area contributed by atoms with Crippen LogP contribution in [-0.2, 0) is 4.74 Å². The standard InChI is InChI=1S/C11H12N2O2/c1-6-4-8(11(14)15-3)10(13)9(5-12)7(6)2/h4H,13H2,1-3H3. The molecule has 0 aliphatic carbocycles. The number of carbonyl (C=O) groups excluding carboxylic acids is 1. The van der Waals surface area contributed by atoms with Crippen molar-refractivity contribution < 1.29 is 9.53 Å². The fraction of sp³-hybridized carbons (Fsp3) is 0.273. The first kappa shape index (κ1) is 11.1. The molecule has 15 heavy (non-hydrogen) atoms. The molecule has 0 bridgehead atoms. The third kappa shape index (κ3) is 1.77. The Balaban J connectivity index is 3.52. The molecular formula is C11H12N2O2. The molecule has 2 N–H and O–H groups in total. The van der Waals surface area contributed by atoms with Crippen LogP contribution >= 0.6 is 0 Å². The van der Waals surface area contributed by atoms with Gasteiger partial charge in [0, 0.05) is 0 Å². The van der Waals surface area contributed by atoms with Crippen molar-refractivity contribution in [3.05, 3.63) is 28.3 Å². The monoisotopic (exact) mass is 204 g/mol. The van der Waals surface area contributed by atoms with Crippen molar-refractivity contribution in [1.29, 1.82) is 5.26 Å². The predicted molar refractivity (Wildman–Crippen MR) is 56.4 cm³/mol. The van der Waals surface area contributed by atoms with Gasteiger partial charge in [0.25, 0.3) is 0 Å². The summed E-state index contributed by atoms with van der Waals surface area (Å²) in [6, 6.07) is 3.63. The molecule has 0 saturated heterocycles. The van der Waals surface area contributed by atoms with Crippen molar-refractivity contribution >= 4 is 11.7 Å². The summed E-state index contributed by atoms with van der Waals surface area (Å²) >= 11 is 0. The van der Waals surface area contributed by atoms with Gasteiger partial charge in [0.05, 0.1) is 23.9 Å². The Morgan fingerprint density at radius 3 is 2.60 bits per heavy atom. The van der Waals surface area contributed by atoms with Crippen molar-refractivity contribution in [2.45, 2.75) is 13.8 Å². The lowest BCUT2D eigenvalue weighted by atomic mass is 9.98. The molecular weight excluding hydrogens is 192 g/mol. The van der Waals surface area contributed by atoms with Crippen LogP contribution < -0.4 is 5.73 Å². The van der Waals surface area contributed by atoms with Crippen molar-refractivity contribution in [2.24, 2.45) is 0 Å². The molecule has 0 saturated carbocycles. The van der Waals surface area contributed by atoms with E-state index in [9.17, 15) is 4.79 Å². The van der Waals surface area contributed by atoms with E-state index in [-0.39, 0.29) is 11.3 Å². The van der Waals surface area contributed by atoms with Gasteiger partial charge >= 0.3 is 5.97 Å². The number of methoxy groups -OCH3 is 1. The second kappa shape index (κ2) is 4.01. The number of carbonyl (C=O) groups is 1. The molecule has 0 radical (unpaired) electrons. The Kier molecular flexibility index (Phi) is 2.96.